The van der Waals surface area contributed by atoms with Crippen LogP contribution in [0.5, 0.6) is 5.75 Å². The standard InChI is InChI=1S/C14H21N3O2/c1-19-13-4-2-3-11(7-13)10-17-6-5-16-9-12(17)8-14(15)18/h2-4,7,12,16H,5-6,8-10H2,1H3,(H2,15,18). The zero-order chi connectivity index (χ0) is 13.7. The molecule has 1 saturated heterocycles. The Bertz CT molecular complexity index is 436. The van der Waals surface area contributed by atoms with E-state index in [1.165, 1.54) is 5.56 Å². The van der Waals surface area contributed by atoms with E-state index < -0.39 is 0 Å². The minimum Gasteiger partial charge on any atom is -0.497 e. The average Bonchev–Trinajstić information content (AvgIpc) is 2.41. The van der Waals surface area contributed by atoms with Crippen LogP contribution in [0.3, 0.4) is 0 Å². The molecule has 1 heterocycles. The molecule has 1 aromatic carbocycles. The predicted octanol–water partition coefficient (Wildman–Crippen LogP) is 0.344. The zero-order valence-electron chi connectivity index (χ0n) is 11.3. The molecule has 0 bridgehead atoms. The third kappa shape index (κ3) is 3.94. The first-order chi connectivity index (χ1) is 9.19. The van der Waals surface area contributed by atoms with Crippen LogP contribution < -0.4 is 15.8 Å². The fourth-order valence-corrected chi connectivity index (χ4v) is 2.45. The molecule has 1 unspecified atom stereocenters. The maximum atomic E-state index is 11.1. The van der Waals surface area contributed by atoms with Crippen LogP contribution in [0.1, 0.15) is 12.0 Å². The summed E-state index contributed by atoms with van der Waals surface area (Å²) in [6, 6.07) is 8.20. The molecule has 0 radical (unpaired) electrons. The fourth-order valence-electron chi connectivity index (χ4n) is 2.45. The second-order valence-corrected chi connectivity index (χ2v) is 4.85. The maximum absolute atomic E-state index is 11.1. The van der Waals surface area contributed by atoms with Crippen molar-refractivity contribution < 1.29 is 9.53 Å². The molecule has 3 N–H and O–H groups in total. The highest BCUT2D eigenvalue weighted by Crippen LogP contribution is 2.17. The van der Waals surface area contributed by atoms with Crippen molar-refractivity contribution in [2.45, 2.75) is 19.0 Å². The van der Waals surface area contributed by atoms with Crippen molar-refractivity contribution in [2.24, 2.45) is 5.73 Å². The van der Waals surface area contributed by atoms with Crippen LogP contribution in [-0.4, -0.2) is 43.6 Å². The molecular weight excluding hydrogens is 242 g/mol. The second-order valence-electron chi connectivity index (χ2n) is 4.85. The van der Waals surface area contributed by atoms with Gasteiger partial charge in [0, 0.05) is 38.6 Å². The molecule has 1 aliphatic heterocycles. The van der Waals surface area contributed by atoms with Gasteiger partial charge in [0.15, 0.2) is 0 Å². The van der Waals surface area contributed by atoms with Gasteiger partial charge in [-0.15, -0.1) is 0 Å². The van der Waals surface area contributed by atoms with Crippen LogP contribution in [0.25, 0.3) is 0 Å². The van der Waals surface area contributed by atoms with Gasteiger partial charge in [0.05, 0.1) is 7.11 Å². The predicted molar refractivity (Wildman–Crippen MR) is 73.9 cm³/mol. The van der Waals surface area contributed by atoms with E-state index in [2.05, 4.69) is 16.3 Å². The molecule has 5 heteroatoms. The molecule has 0 saturated carbocycles. The summed E-state index contributed by atoms with van der Waals surface area (Å²) in [6.07, 6.45) is 0.400. The van der Waals surface area contributed by atoms with E-state index in [0.29, 0.717) is 6.42 Å². The number of carbonyl (C=O) groups is 1. The SMILES string of the molecule is COc1cccc(CN2CCNCC2CC(N)=O)c1. The molecule has 1 amide bonds. The summed E-state index contributed by atoms with van der Waals surface area (Å²) in [5.41, 5.74) is 6.50. The molecule has 0 spiro atoms. The van der Waals surface area contributed by atoms with Crippen LogP contribution >= 0.6 is 0 Å². The number of methoxy groups -OCH3 is 1. The molecule has 2 rings (SSSR count). The number of benzene rings is 1. The lowest BCUT2D eigenvalue weighted by Crippen LogP contribution is -2.51. The molecule has 1 aliphatic rings. The third-order valence-electron chi connectivity index (χ3n) is 3.43. The molecule has 0 aromatic heterocycles. The van der Waals surface area contributed by atoms with Crippen LogP contribution in [0.4, 0.5) is 0 Å². The van der Waals surface area contributed by atoms with Crippen molar-refractivity contribution in [1.82, 2.24) is 10.2 Å². The Morgan fingerprint density at radius 1 is 1.58 bits per heavy atom. The lowest BCUT2D eigenvalue weighted by molar-refractivity contribution is -0.119. The van der Waals surface area contributed by atoms with Gasteiger partial charge in [-0.3, -0.25) is 9.69 Å². The van der Waals surface area contributed by atoms with E-state index in [4.69, 9.17) is 10.5 Å². The van der Waals surface area contributed by atoms with Crippen LogP contribution in [0.2, 0.25) is 0 Å². The van der Waals surface area contributed by atoms with Crippen molar-refractivity contribution in [3.63, 3.8) is 0 Å². The molecule has 1 aromatic rings. The summed E-state index contributed by atoms with van der Waals surface area (Å²) in [5.74, 6) is 0.614. The number of rotatable bonds is 5. The first-order valence-electron chi connectivity index (χ1n) is 6.55. The van der Waals surface area contributed by atoms with E-state index in [1.807, 2.05) is 18.2 Å². The third-order valence-corrected chi connectivity index (χ3v) is 3.43. The Morgan fingerprint density at radius 3 is 3.16 bits per heavy atom. The summed E-state index contributed by atoms with van der Waals surface area (Å²) < 4.78 is 5.23. The summed E-state index contributed by atoms with van der Waals surface area (Å²) in [4.78, 5) is 13.4. The molecule has 1 atom stereocenters. The molecule has 1 fully saturated rings. The highest BCUT2D eigenvalue weighted by atomic mass is 16.5. The quantitative estimate of drug-likeness (QED) is 0.804. The van der Waals surface area contributed by atoms with Gasteiger partial charge in [-0.05, 0) is 17.7 Å². The van der Waals surface area contributed by atoms with Crippen LogP contribution in [-0.2, 0) is 11.3 Å². The first kappa shape index (κ1) is 13.8. The van der Waals surface area contributed by atoms with Gasteiger partial charge in [0.1, 0.15) is 5.75 Å². The van der Waals surface area contributed by atoms with Crippen molar-refractivity contribution in [3.8, 4) is 5.75 Å². The summed E-state index contributed by atoms with van der Waals surface area (Å²) in [7, 11) is 1.67. The number of primary amides is 1. The normalized spacial score (nSPS) is 20.2. The molecular formula is C14H21N3O2. The summed E-state index contributed by atoms with van der Waals surface area (Å²) in [6.45, 7) is 3.50. The second kappa shape index (κ2) is 6.54. The van der Waals surface area contributed by atoms with Gasteiger partial charge in [-0.25, -0.2) is 0 Å². The van der Waals surface area contributed by atoms with Crippen molar-refractivity contribution in [3.05, 3.63) is 29.8 Å². The van der Waals surface area contributed by atoms with Gasteiger partial charge in [-0.1, -0.05) is 12.1 Å². The number of nitrogens with two attached hydrogens (primary N) is 1. The van der Waals surface area contributed by atoms with E-state index in [-0.39, 0.29) is 11.9 Å². The lowest BCUT2D eigenvalue weighted by Gasteiger charge is -2.35. The highest BCUT2D eigenvalue weighted by molar-refractivity contribution is 5.74. The molecule has 5 nitrogen and oxygen atoms in total. The van der Waals surface area contributed by atoms with Crippen LogP contribution in [0.15, 0.2) is 24.3 Å². The largest absolute Gasteiger partial charge is 0.497 e. The van der Waals surface area contributed by atoms with Gasteiger partial charge in [0.25, 0.3) is 0 Å². The number of ether oxygens (including phenoxy) is 1. The number of nitrogens with one attached hydrogen (secondary N) is 1. The monoisotopic (exact) mass is 263 g/mol. The topological polar surface area (TPSA) is 67.6 Å². The molecule has 19 heavy (non-hydrogen) atoms. The molecule has 104 valence electrons. The number of piperazine rings is 1. The number of hydrogen-bond donors (Lipinski definition) is 2. The number of amides is 1. The minimum atomic E-state index is -0.246. The number of hydrogen-bond acceptors (Lipinski definition) is 4. The smallest absolute Gasteiger partial charge is 0.219 e. The van der Waals surface area contributed by atoms with E-state index in [1.54, 1.807) is 7.11 Å². The number of nitrogens with zero attached hydrogens (tertiary/aromatic N) is 1. The zero-order valence-corrected chi connectivity index (χ0v) is 11.3. The Balaban J connectivity index is 2.03. The first-order valence-corrected chi connectivity index (χ1v) is 6.55. The van der Waals surface area contributed by atoms with Gasteiger partial charge in [0.2, 0.25) is 5.91 Å². The lowest BCUT2D eigenvalue weighted by atomic mass is 10.1. The minimum absolute atomic E-state index is 0.178. The molecule has 0 aliphatic carbocycles. The maximum Gasteiger partial charge on any atom is 0.219 e. The summed E-state index contributed by atoms with van der Waals surface area (Å²) in [5, 5.41) is 3.30. The van der Waals surface area contributed by atoms with Crippen molar-refractivity contribution >= 4 is 5.91 Å². The Labute approximate surface area is 113 Å². The average molecular weight is 263 g/mol. The number of carbonyl (C=O) groups excluding carboxylic acids is 1. The summed E-state index contributed by atoms with van der Waals surface area (Å²) >= 11 is 0. The van der Waals surface area contributed by atoms with Crippen molar-refractivity contribution in [2.75, 3.05) is 26.7 Å². The Morgan fingerprint density at radius 2 is 2.42 bits per heavy atom. The Kier molecular flexibility index (Phi) is 4.76. The van der Waals surface area contributed by atoms with Crippen molar-refractivity contribution in [1.29, 1.82) is 0 Å². The highest BCUT2D eigenvalue weighted by Gasteiger charge is 2.23. The Hall–Kier alpha value is -1.59. The van der Waals surface area contributed by atoms with E-state index in [9.17, 15) is 4.79 Å². The van der Waals surface area contributed by atoms with Gasteiger partial charge >= 0.3 is 0 Å². The van der Waals surface area contributed by atoms with Gasteiger partial charge in [-0.2, -0.15) is 0 Å². The van der Waals surface area contributed by atoms with E-state index >= 15 is 0 Å². The van der Waals surface area contributed by atoms with Crippen LogP contribution in [0, 0.1) is 0 Å². The van der Waals surface area contributed by atoms with E-state index in [0.717, 1.165) is 31.9 Å². The fraction of sp³-hybridized carbons (Fsp3) is 0.500. The van der Waals surface area contributed by atoms with Gasteiger partial charge < -0.3 is 15.8 Å².